The van der Waals surface area contributed by atoms with E-state index in [9.17, 15) is 18.4 Å². The molecule has 5 rings (SSSR count). The normalized spacial score (nSPS) is 16.8. The number of aromatic nitrogens is 2. The third kappa shape index (κ3) is 6.83. The van der Waals surface area contributed by atoms with Crippen molar-refractivity contribution in [3.8, 4) is 5.69 Å². The highest BCUT2D eigenvalue weighted by molar-refractivity contribution is 6.05. The molecular formula is C29H36F2N6O3. The van der Waals surface area contributed by atoms with E-state index in [4.69, 9.17) is 10.5 Å². The van der Waals surface area contributed by atoms with Crippen LogP contribution in [0.4, 0.5) is 25.8 Å². The van der Waals surface area contributed by atoms with E-state index in [1.54, 1.807) is 12.1 Å². The van der Waals surface area contributed by atoms with Gasteiger partial charge >= 0.3 is 0 Å². The Bertz CT molecular complexity index is 1360. The first-order chi connectivity index (χ1) is 19.3. The molecule has 3 aromatic rings. The molecule has 2 aliphatic heterocycles. The van der Waals surface area contributed by atoms with Crippen LogP contribution in [0.15, 0.2) is 47.3 Å². The van der Waals surface area contributed by atoms with Crippen LogP contribution in [0, 0.1) is 17.6 Å². The number of nitrogens with one attached hydrogen (secondary N) is 2. The SMILES string of the molecule is C1CCOCC1.CNCc1c(N)ccc(NC(=O)c2ccc(=O)n(-c3c(F)cccc3F)n2)c1N1CC[C@H](C)C1. The molecule has 40 heavy (non-hydrogen) atoms. The molecule has 0 aliphatic carbocycles. The van der Waals surface area contributed by atoms with E-state index >= 15 is 0 Å². The molecule has 2 aliphatic rings. The summed E-state index contributed by atoms with van der Waals surface area (Å²) in [6.07, 6.45) is 4.95. The van der Waals surface area contributed by atoms with Crippen LogP contribution in [0.2, 0.25) is 0 Å². The monoisotopic (exact) mass is 554 g/mol. The fraction of sp³-hybridized carbons (Fsp3) is 0.414. The Morgan fingerprint density at radius 2 is 1.80 bits per heavy atom. The molecule has 0 radical (unpaired) electrons. The lowest BCUT2D eigenvalue weighted by molar-refractivity contribution is 0.0968. The van der Waals surface area contributed by atoms with Gasteiger partial charge in [-0.25, -0.2) is 8.78 Å². The number of rotatable bonds is 6. The summed E-state index contributed by atoms with van der Waals surface area (Å²) in [5.74, 6) is -2.06. The number of halogens is 2. The lowest BCUT2D eigenvalue weighted by Crippen LogP contribution is -2.28. The van der Waals surface area contributed by atoms with Gasteiger partial charge in [-0.05, 0) is 69.0 Å². The average Bonchev–Trinajstić information content (AvgIpc) is 3.38. The molecule has 0 spiro atoms. The number of nitrogens with zero attached hydrogens (tertiary/aromatic N) is 3. The van der Waals surface area contributed by atoms with Crippen molar-refractivity contribution in [1.82, 2.24) is 15.1 Å². The summed E-state index contributed by atoms with van der Waals surface area (Å²) in [5.41, 5.74) is 7.49. The number of nitrogen functional groups attached to an aromatic ring is 1. The Hall–Kier alpha value is -3.83. The molecule has 1 amide bonds. The van der Waals surface area contributed by atoms with Crippen LogP contribution in [-0.2, 0) is 11.3 Å². The summed E-state index contributed by atoms with van der Waals surface area (Å²) in [4.78, 5) is 27.6. The van der Waals surface area contributed by atoms with Crippen molar-refractivity contribution in [1.29, 1.82) is 0 Å². The van der Waals surface area contributed by atoms with Crippen molar-refractivity contribution < 1.29 is 18.3 Å². The first kappa shape index (κ1) is 29.2. The third-order valence-electron chi connectivity index (χ3n) is 6.92. The fourth-order valence-electron chi connectivity index (χ4n) is 4.87. The third-order valence-corrected chi connectivity index (χ3v) is 6.92. The van der Waals surface area contributed by atoms with Gasteiger partial charge in [-0.2, -0.15) is 9.78 Å². The molecule has 9 nitrogen and oxygen atoms in total. The average molecular weight is 555 g/mol. The van der Waals surface area contributed by atoms with Crippen molar-refractivity contribution in [2.75, 3.05) is 49.3 Å². The zero-order chi connectivity index (χ0) is 28.6. The van der Waals surface area contributed by atoms with Crippen LogP contribution in [0.1, 0.15) is 48.7 Å². The van der Waals surface area contributed by atoms with Gasteiger partial charge < -0.3 is 26.0 Å². The van der Waals surface area contributed by atoms with Gasteiger partial charge in [-0.15, -0.1) is 0 Å². The molecule has 4 N–H and O–H groups in total. The van der Waals surface area contributed by atoms with E-state index in [1.165, 1.54) is 31.4 Å². The van der Waals surface area contributed by atoms with E-state index in [2.05, 4.69) is 27.6 Å². The number of carbonyl (C=O) groups is 1. The lowest BCUT2D eigenvalue weighted by atomic mass is 10.1. The summed E-state index contributed by atoms with van der Waals surface area (Å²) in [7, 11) is 1.82. The molecule has 2 aromatic carbocycles. The summed E-state index contributed by atoms with van der Waals surface area (Å²) in [6, 6.07) is 8.91. The number of para-hydroxylation sites is 1. The molecule has 11 heteroatoms. The van der Waals surface area contributed by atoms with E-state index in [-0.39, 0.29) is 5.69 Å². The molecule has 1 aromatic heterocycles. The molecule has 0 bridgehead atoms. The number of anilines is 3. The molecule has 2 saturated heterocycles. The number of ether oxygens (including phenoxy) is 1. The zero-order valence-electron chi connectivity index (χ0n) is 22.9. The van der Waals surface area contributed by atoms with Crippen LogP contribution >= 0.6 is 0 Å². The fourth-order valence-corrected chi connectivity index (χ4v) is 4.87. The lowest BCUT2D eigenvalue weighted by Gasteiger charge is -2.26. The predicted octanol–water partition coefficient (Wildman–Crippen LogP) is 4.10. The molecule has 1 atom stereocenters. The maximum atomic E-state index is 14.2. The minimum atomic E-state index is -0.965. The summed E-state index contributed by atoms with van der Waals surface area (Å²) in [5, 5.41) is 9.89. The highest BCUT2D eigenvalue weighted by atomic mass is 19.1. The second-order valence-corrected chi connectivity index (χ2v) is 10.1. The van der Waals surface area contributed by atoms with Crippen molar-refractivity contribution >= 4 is 23.0 Å². The van der Waals surface area contributed by atoms with Gasteiger partial charge in [0, 0.05) is 50.2 Å². The van der Waals surface area contributed by atoms with Crippen molar-refractivity contribution in [2.24, 2.45) is 5.92 Å². The van der Waals surface area contributed by atoms with Crippen molar-refractivity contribution in [3.05, 3.63) is 75.7 Å². The molecular weight excluding hydrogens is 518 g/mol. The number of benzene rings is 2. The van der Waals surface area contributed by atoms with Gasteiger partial charge in [0.2, 0.25) is 0 Å². The van der Waals surface area contributed by atoms with Gasteiger partial charge in [-0.3, -0.25) is 9.59 Å². The van der Waals surface area contributed by atoms with Crippen molar-refractivity contribution in [3.63, 3.8) is 0 Å². The van der Waals surface area contributed by atoms with Crippen LogP contribution in [0.5, 0.6) is 0 Å². The number of hydrogen-bond acceptors (Lipinski definition) is 7. The minimum absolute atomic E-state index is 0.171. The van der Waals surface area contributed by atoms with Crippen LogP contribution in [-0.4, -0.2) is 49.0 Å². The van der Waals surface area contributed by atoms with E-state index < -0.39 is 28.8 Å². The number of nitrogens with two attached hydrogens (primary N) is 1. The maximum absolute atomic E-state index is 14.2. The molecule has 3 heterocycles. The maximum Gasteiger partial charge on any atom is 0.276 e. The Labute approximate surface area is 232 Å². The topological polar surface area (TPSA) is 115 Å². The Kier molecular flexibility index (Phi) is 9.84. The summed E-state index contributed by atoms with van der Waals surface area (Å²) in [6.45, 7) is 6.31. The standard InChI is InChI=1S/C24H26F2N6O2.C5H10O/c1-14-10-11-31(13-14)22-15(12-28-2)18(27)6-7-19(22)29-24(34)20-8-9-21(33)32(30-20)23-16(25)4-3-5-17(23)26;1-2-4-6-5-3-1/h3-9,14,28H,10-13,27H2,1-2H3,(H,29,34);1-5H2/t14-;/m0./s1. The van der Waals surface area contributed by atoms with Gasteiger partial charge in [0.1, 0.15) is 11.4 Å². The van der Waals surface area contributed by atoms with Crippen LogP contribution in [0.3, 0.4) is 0 Å². The Morgan fingerprint density at radius 1 is 1.07 bits per heavy atom. The first-order valence-electron chi connectivity index (χ1n) is 13.5. The highest BCUT2D eigenvalue weighted by Gasteiger charge is 2.26. The molecule has 0 unspecified atom stereocenters. The quantitative estimate of drug-likeness (QED) is 0.393. The predicted molar refractivity (Wildman–Crippen MR) is 152 cm³/mol. The van der Waals surface area contributed by atoms with E-state index in [1.807, 2.05) is 7.05 Å². The Morgan fingerprint density at radius 3 is 2.38 bits per heavy atom. The summed E-state index contributed by atoms with van der Waals surface area (Å²) >= 11 is 0. The van der Waals surface area contributed by atoms with Gasteiger partial charge in [0.15, 0.2) is 11.6 Å². The second-order valence-electron chi connectivity index (χ2n) is 10.1. The largest absolute Gasteiger partial charge is 0.398 e. The van der Waals surface area contributed by atoms with Gasteiger partial charge in [-0.1, -0.05) is 13.0 Å². The van der Waals surface area contributed by atoms with Crippen LogP contribution in [0.25, 0.3) is 5.69 Å². The van der Waals surface area contributed by atoms with Crippen molar-refractivity contribution in [2.45, 2.75) is 39.2 Å². The zero-order valence-corrected chi connectivity index (χ0v) is 22.9. The van der Waals surface area contributed by atoms with Gasteiger partial charge in [0.05, 0.1) is 11.4 Å². The molecule has 0 saturated carbocycles. The van der Waals surface area contributed by atoms with E-state index in [0.717, 1.165) is 62.2 Å². The molecule has 2 fully saturated rings. The molecule has 214 valence electrons. The number of carbonyl (C=O) groups excluding carboxylic acids is 1. The second kappa shape index (κ2) is 13.5. The number of amides is 1. The van der Waals surface area contributed by atoms with Gasteiger partial charge in [0.25, 0.3) is 11.5 Å². The smallest absolute Gasteiger partial charge is 0.276 e. The first-order valence-corrected chi connectivity index (χ1v) is 13.5. The number of hydrogen-bond donors (Lipinski definition) is 3. The summed E-state index contributed by atoms with van der Waals surface area (Å²) < 4.78 is 34.1. The van der Waals surface area contributed by atoms with E-state index in [0.29, 0.717) is 28.5 Å². The highest BCUT2D eigenvalue weighted by Crippen LogP contribution is 2.37. The van der Waals surface area contributed by atoms with Crippen LogP contribution < -0.4 is 26.8 Å². The Balaban J connectivity index is 0.000000546. The minimum Gasteiger partial charge on any atom is -0.398 e.